The number of nitrogens with one attached hydrogen (secondary N) is 4. The highest BCUT2D eigenvalue weighted by molar-refractivity contribution is 5.97. The zero-order valence-electron chi connectivity index (χ0n) is 21.5. The molecular formula is C28H23F2N9O. The summed E-state index contributed by atoms with van der Waals surface area (Å²) in [6, 6.07) is 14.4. The van der Waals surface area contributed by atoms with Crippen LogP contribution in [0.4, 0.5) is 20.4 Å². The van der Waals surface area contributed by atoms with Crippen LogP contribution in [0.1, 0.15) is 40.3 Å². The number of carbonyl (C=O) groups is 1. The van der Waals surface area contributed by atoms with Gasteiger partial charge in [0.25, 0.3) is 5.91 Å². The fourth-order valence-corrected chi connectivity index (χ4v) is 4.11. The maximum atomic E-state index is 13.7. The van der Waals surface area contributed by atoms with E-state index in [1.54, 1.807) is 20.2 Å². The monoisotopic (exact) mass is 539 g/mol. The highest BCUT2D eigenvalue weighted by Crippen LogP contribution is 2.26. The largest absolute Gasteiger partial charge is 0.371 e. The summed E-state index contributed by atoms with van der Waals surface area (Å²) in [5.41, 5.74) is 3.73. The second-order valence-electron chi connectivity index (χ2n) is 8.93. The number of nitriles is 1. The fraction of sp³-hybridized carbons (Fsp3) is 0.143. The third kappa shape index (κ3) is 5.39. The van der Waals surface area contributed by atoms with Crippen molar-refractivity contribution in [2.24, 2.45) is 0 Å². The maximum Gasteiger partial charge on any atom is 0.274 e. The Morgan fingerprint density at radius 2 is 1.82 bits per heavy atom. The summed E-state index contributed by atoms with van der Waals surface area (Å²) >= 11 is 0. The Hall–Kier alpha value is -5.44. The molecule has 5 aromatic rings. The molecule has 1 amide bonds. The fourth-order valence-electron chi connectivity index (χ4n) is 4.11. The van der Waals surface area contributed by atoms with Gasteiger partial charge < -0.3 is 16.0 Å². The van der Waals surface area contributed by atoms with Crippen LogP contribution in [0.25, 0.3) is 22.2 Å². The Labute approximate surface area is 227 Å². The van der Waals surface area contributed by atoms with E-state index < -0.39 is 23.6 Å². The SMILES string of the molecule is CNc1n[nH]c2ncc(-c3ccc(CNc4ncc(C#N)nc4C(=O)N[C@@H](C)c4ccc(F)c(F)c4)cc3)cc12. The molecule has 0 aliphatic heterocycles. The van der Waals surface area contributed by atoms with E-state index >= 15 is 0 Å². The van der Waals surface area contributed by atoms with Gasteiger partial charge in [-0.15, -0.1) is 0 Å². The highest BCUT2D eigenvalue weighted by Gasteiger charge is 2.19. The van der Waals surface area contributed by atoms with Crippen molar-refractivity contribution in [3.05, 3.63) is 95.1 Å². The Morgan fingerprint density at radius 1 is 1.02 bits per heavy atom. The van der Waals surface area contributed by atoms with Crippen molar-refractivity contribution in [1.29, 1.82) is 5.26 Å². The van der Waals surface area contributed by atoms with Crippen molar-refractivity contribution in [2.75, 3.05) is 17.7 Å². The van der Waals surface area contributed by atoms with E-state index in [1.807, 2.05) is 36.4 Å². The number of pyridine rings is 1. The number of aromatic nitrogens is 5. The number of benzene rings is 2. The minimum atomic E-state index is -1.01. The second kappa shape index (κ2) is 11.1. The van der Waals surface area contributed by atoms with Crippen LogP contribution in [0.3, 0.4) is 0 Å². The predicted octanol–water partition coefficient (Wildman–Crippen LogP) is 4.71. The molecular weight excluding hydrogens is 516 g/mol. The maximum absolute atomic E-state index is 13.7. The summed E-state index contributed by atoms with van der Waals surface area (Å²) in [6.07, 6.45) is 3.03. The lowest BCUT2D eigenvalue weighted by Crippen LogP contribution is -2.29. The minimum absolute atomic E-state index is 0.0369. The van der Waals surface area contributed by atoms with Gasteiger partial charge in [-0.25, -0.2) is 23.7 Å². The molecule has 4 N–H and O–H groups in total. The van der Waals surface area contributed by atoms with Crippen molar-refractivity contribution >= 4 is 28.6 Å². The number of hydrogen-bond acceptors (Lipinski definition) is 8. The Balaban J connectivity index is 1.31. The molecule has 0 aliphatic rings. The van der Waals surface area contributed by atoms with Crippen LogP contribution < -0.4 is 16.0 Å². The van der Waals surface area contributed by atoms with E-state index in [2.05, 4.69) is 41.1 Å². The van der Waals surface area contributed by atoms with Gasteiger partial charge >= 0.3 is 0 Å². The first-order valence-electron chi connectivity index (χ1n) is 12.2. The molecule has 40 heavy (non-hydrogen) atoms. The zero-order chi connectivity index (χ0) is 28.2. The van der Waals surface area contributed by atoms with Gasteiger partial charge in [0.05, 0.1) is 17.6 Å². The van der Waals surface area contributed by atoms with Crippen molar-refractivity contribution in [2.45, 2.75) is 19.5 Å². The van der Waals surface area contributed by atoms with E-state index in [-0.39, 0.29) is 17.2 Å². The Morgan fingerprint density at radius 3 is 2.55 bits per heavy atom. The van der Waals surface area contributed by atoms with Crippen LogP contribution >= 0.6 is 0 Å². The smallest absolute Gasteiger partial charge is 0.274 e. The molecule has 0 bridgehead atoms. The molecule has 3 heterocycles. The standard InChI is InChI=1S/C28H23F2N9O/c1-15(18-7-8-22(29)23(30)10-18)36-28(40)24-27(35-14-20(11-31)37-24)33-12-16-3-5-17(6-4-16)19-9-21-25(32-2)38-39-26(21)34-13-19/h3-10,13-15H,12H2,1-2H3,(H,33,35)(H,36,40)(H2,32,34,38,39)/t15-/m0/s1. The quantitative estimate of drug-likeness (QED) is 0.222. The molecule has 10 nitrogen and oxygen atoms in total. The number of hydrogen-bond donors (Lipinski definition) is 4. The lowest BCUT2D eigenvalue weighted by atomic mass is 10.0. The van der Waals surface area contributed by atoms with Crippen molar-refractivity contribution in [3.63, 3.8) is 0 Å². The number of fused-ring (bicyclic) bond motifs is 1. The van der Waals surface area contributed by atoms with Crippen LogP contribution in [0, 0.1) is 23.0 Å². The number of H-pyrrole nitrogens is 1. The molecule has 0 spiro atoms. The molecule has 0 fully saturated rings. The first-order chi connectivity index (χ1) is 19.4. The summed E-state index contributed by atoms with van der Waals surface area (Å²) in [4.78, 5) is 25.8. The molecule has 2 aromatic carbocycles. The first kappa shape index (κ1) is 26.2. The normalized spacial score (nSPS) is 11.6. The van der Waals surface area contributed by atoms with Crippen molar-refractivity contribution in [3.8, 4) is 17.2 Å². The Bertz CT molecular complexity index is 1750. The number of amides is 1. The van der Waals surface area contributed by atoms with Gasteiger partial charge in [0.1, 0.15) is 6.07 Å². The second-order valence-corrected chi connectivity index (χ2v) is 8.93. The molecule has 12 heteroatoms. The molecule has 200 valence electrons. The first-order valence-corrected chi connectivity index (χ1v) is 12.2. The van der Waals surface area contributed by atoms with Gasteiger partial charge in [0.15, 0.2) is 40.3 Å². The lowest BCUT2D eigenvalue weighted by Gasteiger charge is -2.16. The number of rotatable bonds is 8. The summed E-state index contributed by atoms with van der Waals surface area (Å²) in [7, 11) is 1.80. The van der Waals surface area contributed by atoms with Crippen LogP contribution in [-0.2, 0) is 6.54 Å². The van der Waals surface area contributed by atoms with E-state index in [9.17, 15) is 18.8 Å². The van der Waals surface area contributed by atoms with Gasteiger partial charge in [-0.1, -0.05) is 30.3 Å². The number of halogens is 2. The molecule has 0 saturated heterocycles. The third-order valence-electron chi connectivity index (χ3n) is 6.29. The average molecular weight is 540 g/mol. The third-order valence-corrected chi connectivity index (χ3v) is 6.29. The lowest BCUT2D eigenvalue weighted by molar-refractivity contribution is 0.0935. The molecule has 0 saturated carbocycles. The van der Waals surface area contributed by atoms with E-state index in [0.717, 1.165) is 34.2 Å². The van der Waals surface area contributed by atoms with Crippen molar-refractivity contribution in [1.82, 2.24) is 30.5 Å². The summed E-state index contributed by atoms with van der Waals surface area (Å²) < 4.78 is 27.0. The molecule has 3 aromatic heterocycles. The van der Waals surface area contributed by atoms with Gasteiger partial charge in [0, 0.05) is 25.4 Å². The van der Waals surface area contributed by atoms with Crippen LogP contribution in [0.5, 0.6) is 0 Å². The molecule has 0 radical (unpaired) electrons. The summed E-state index contributed by atoms with van der Waals surface area (Å²) in [6.45, 7) is 1.95. The predicted molar refractivity (Wildman–Crippen MR) is 145 cm³/mol. The van der Waals surface area contributed by atoms with E-state index in [1.165, 1.54) is 12.3 Å². The number of nitrogens with zero attached hydrogens (tertiary/aromatic N) is 5. The number of anilines is 2. The zero-order valence-corrected chi connectivity index (χ0v) is 21.5. The molecule has 5 rings (SSSR count). The topological polar surface area (TPSA) is 144 Å². The number of carbonyl (C=O) groups excluding carboxylic acids is 1. The van der Waals surface area contributed by atoms with Gasteiger partial charge in [-0.2, -0.15) is 10.4 Å². The molecule has 1 atom stereocenters. The van der Waals surface area contributed by atoms with Crippen LogP contribution in [0.2, 0.25) is 0 Å². The minimum Gasteiger partial charge on any atom is -0.371 e. The van der Waals surface area contributed by atoms with E-state index in [4.69, 9.17) is 0 Å². The number of aromatic amines is 1. The van der Waals surface area contributed by atoms with Crippen LogP contribution in [-0.4, -0.2) is 38.1 Å². The summed E-state index contributed by atoms with van der Waals surface area (Å²) in [5.74, 6) is -1.73. The van der Waals surface area contributed by atoms with Gasteiger partial charge in [-0.05, 0) is 41.8 Å². The molecule has 0 aliphatic carbocycles. The molecule has 0 unspecified atom stereocenters. The Kier molecular flexibility index (Phi) is 7.28. The van der Waals surface area contributed by atoms with E-state index in [0.29, 0.717) is 23.6 Å². The highest BCUT2D eigenvalue weighted by atomic mass is 19.2. The van der Waals surface area contributed by atoms with Gasteiger partial charge in [0.2, 0.25) is 0 Å². The average Bonchev–Trinajstić information content (AvgIpc) is 3.40. The van der Waals surface area contributed by atoms with Crippen molar-refractivity contribution < 1.29 is 13.6 Å². The van der Waals surface area contributed by atoms with Crippen LogP contribution in [0.15, 0.2) is 60.9 Å². The van der Waals surface area contributed by atoms with Gasteiger partial charge in [-0.3, -0.25) is 9.89 Å². The summed E-state index contributed by atoms with van der Waals surface area (Å²) in [5, 5.41) is 26.1.